The maximum Gasteiger partial charge on any atom is 0.338 e. The van der Waals surface area contributed by atoms with Crippen molar-refractivity contribution in [1.29, 1.82) is 0 Å². The fourth-order valence-electron chi connectivity index (χ4n) is 2.93. The van der Waals surface area contributed by atoms with Gasteiger partial charge in [-0.3, -0.25) is 4.79 Å². The summed E-state index contributed by atoms with van der Waals surface area (Å²) < 4.78 is 10.2. The molecule has 124 valence electrons. The molecular formula is C20H20O4. The van der Waals surface area contributed by atoms with Crippen LogP contribution >= 0.6 is 0 Å². The largest absolute Gasteiger partial charge is 0.497 e. The molecule has 0 amide bonds. The van der Waals surface area contributed by atoms with E-state index in [-0.39, 0.29) is 12.4 Å². The van der Waals surface area contributed by atoms with Gasteiger partial charge >= 0.3 is 5.97 Å². The zero-order valence-electron chi connectivity index (χ0n) is 13.7. The van der Waals surface area contributed by atoms with Crippen LogP contribution < -0.4 is 4.74 Å². The van der Waals surface area contributed by atoms with Gasteiger partial charge in [0.05, 0.1) is 12.7 Å². The SMILES string of the molecule is COc1ccc(C(=O)OCC(=O)c2ccc3c(c2)CCCC3)cc1. The number of rotatable bonds is 5. The number of esters is 1. The number of ketones is 1. The molecule has 0 atom stereocenters. The molecule has 3 rings (SSSR count). The average molecular weight is 324 g/mol. The van der Waals surface area contributed by atoms with E-state index in [9.17, 15) is 9.59 Å². The Morgan fingerprint density at radius 3 is 2.29 bits per heavy atom. The molecule has 0 bridgehead atoms. The number of carbonyl (C=O) groups excluding carboxylic acids is 2. The van der Waals surface area contributed by atoms with Crippen LogP contribution in [0.5, 0.6) is 5.75 Å². The predicted octanol–water partition coefficient (Wildman–Crippen LogP) is 3.61. The summed E-state index contributed by atoms with van der Waals surface area (Å²) in [7, 11) is 1.56. The molecule has 0 radical (unpaired) electrons. The summed E-state index contributed by atoms with van der Waals surface area (Å²) in [5, 5.41) is 0. The fourth-order valence-corrected chi connectivity index (χ4v) is 2.93. The Kier molecular flexibility index (Phi) is 4.94. The van der Waals surface area contributed by atoms with E-state index in [2.05, 4.69) is 0 Å². The smallest absolute Gasteiger partial charge is 0.338 e. The molecule has 0 unspecified atom stereocenters. The highest BCUT2D eigenvalue weighted by molar-refractivity contribution is 5.99. The van der Waals surface area contributed by atoms with E-state index in [1.54, 1.807) is 31.4 Å². The Bertz CT molecular complexity index is 747. The number of fused-ring (bicyclic) bond motifs is 1. The predicted molar refractivity (Wildman–Crippen MR) is 90.7 cm³/mol. The van der Waals surface area contributed by atoms with Crippen molar-refractivity contribution < 1.29 is 19.1 Å². The van der Waals surface area contributed by atoms with Crippen molar-refractivity contribution in [3.63, 3.8) is 0 Å². The van der Waals surface area contributed by atoms with Crippen molar-refractivity contribution in [3.8, 4) is 5.75 Å². The van der Waals surface area contributed by atoms with Gasteiger partial charge in [-0.15, -0.1) is 0 Å². The molecule has 0 fully saturated rings. The van der Waals surface area contributed by atoms with E-state index in [4.69, 9.17) is 9.47 Å². The second kappa shape index (κ2) is 7.30. The molecule has 1 aliphatic carbocycles. The molecule has 2 aromatic carbocycles. The van der Waals surface area contributed by atoms with Crippen LogP contribution in [0.4, 0.5) is 0 Å². The van der Waals surface area contributed by atoms with Gasteiger partial charge in [0.25, 0.3) is 0 Å². The van der Waals surface area contributed by atoms with Crippen LogP contribution in [0.2, 0.25) is 0 Å². The molecule has 0 heterocycles. The molecule has 0 aromatic heterocycles. The summed E-state index contributed by atoms with van der Waals surface area (Å²) in [6.07, 6.45) is 4.47. The topological polar surface area (TPSA) is 52.6 Å². The number of hydrogen-bond acceptors (Lipinski definition) is 4. The third kappa shape index (κ3) is 3.65. The Hall–Kier alpha value is -2.62. The summed E-state index contributed by atoms with van der Waals surface area (Å²) in [6.45, 7) is -0.246. The van der Waals surface area contributed by atoms with E-state index in [1.165, 1.54) is 17.5 Å². The number of Topliss-reactive ketones (excluding diaryl/α,β-unsaturated/α-hetero) is 1. The summed E-state index contributed by atoms with van der Waals surface area (Å²) in [6, 6.07) is 12.4. The van der Waals surface area contributed by atoms with E-state index in [0.29, 0.717) is 16.9 Å². The minimum atomic E-state index is -0.510. The first-order valence-corrected chi connectivity index (χ1v) is 8.13. The van der Waals surface area contributed by atoms with E-state index < -0.39 is 5.97 Å². The number of benzene rings is 2. The average Bonchev–Trinajstić information content (AvgIpc) is 2.65. The first kappa shape index (κ1) is 16.2. The molecule has 0 N–H and O–H groups in total. The molecule has 0 saturated carbocycles. The van der Waals surface area contributed by atoms with Crippen LogP contribution in [-0.4, -0.2) is 25.5 Å². The number of ether oxygens (including phenoxy) is 2. The number of hydrogen-bond donors (Lipinski definition) is 0. The lowest BCUT2D eigenvalue weighted by Crippen LogP contribution is -2.15. The van der Waals surface area contributed by atoms with Gasteiger partial charge in [0.1, 0.15) is 5.75 Å². The highest BCUT2D eigenvalue weighted by Crippen LogP contribution is 2.22. The van der Waals surface area contributed by atoms with E-state index in [0.717, 1.165) is 19.3 Å². The minimum absolute atomic E-state index is 0.176. The molecule has 2 aromatic rings. The summed E-state index contributed by atoms with van der Waals surface area (Å²) in [5.74, 6) is -0.0223. The zero-order chi connectivity index (χ0) is 16.9. The zero-order valence-corrected chi connectivity index (χ0v) is 13.7. The van der Waals surface area contributed by atoms with Crippen LogP contribution in [0.25, 0.3) is 0 Å². The molecule has 24 heavy (non-hydrogen) atoms. The summed E-state index contributed by atoms with van der Waals surface area (Å²) >= 11 is 0. The maximum atomic E-state index is 12.3. The van der Waals surface area contributed by atoms with Gasteiger partial charge in [0.15, 0.2) is 12.4 Å². The third-order valence-electron chi connectivity index (χ3n) is 4.33. The first-order chi connectivity index (χ1) is 11.7. The van der Waals surface area contributed by atoms with E-state index in [1.807, 2.05) is 18.2 Å². The van der Waals surface area contributed by atoms with Crippen LogP contribution in [0.3, 0.4) is 0 Å². The number of carbonyl (C=O) groups is 2. The van der Waals surface area contributed by atoms with Gasteiger partial charge in [0, 0.05) is 5.56 Å². The van der Waals surface area contributed by atoms with Crippen molar-refractivity contribution in [2.75, 3.05) is 13.7 Å². The van der Waals surface area contributed by atoms with Gasteiger partial charge in [-0.2, -0.15) is 0 Å². The van der Waals surface area contributed by atoms with E-state index >= 15 is 0 Å². The van der Waals surface area contributed by atoms with Crippen LogP contribution in [-0.2, 0) is 17.6 Å². The van der Waals surface area contributed by atoms with Crippen LogP contribution in [0, 0.1) is 0 Å². The highest BCUT2D eigenvalue weighted by atomic mass is 16.5. The Morgan fingerprint density at radius 2 is 1.58 bits per heavy atom. The van der Waals surface area contributed by atoms with Gasteiger partial charge in [0.2, 0.25) is 0 Å². The lowest BCUT2D eigenvalue weighted by molar-refractivity contribution is 0.0474. The maximum absolute atomic E-state index is 12.3. The van der Waals surface area contributed by atoms with Crippen molar-refractivity contribution in [3.05, 3.63) is 64.7 Å². The van der Waals surface area contributed by atoms with Crippen molar-refractivity contribution in [2.24, 2.45) is 0 Å². The van der Waals surface area contributed by atoms with Crippen molar-refractivity contribution in [2.45, 2.75) is 25.7 Å². The van der Waals surface area contributed by atoms with Gasteiger partial charge in [-0.25, -0.2) is 4.79 Å². The Morgan fingerprint density at radius 1 is 0.917 bits per heavy atom. The second-order valence-corrected chi connectivity index (χ2v) is 5.92. The molecule has 1 aliphatic rings. The summed E-state index contributed by atoms with van der Waals surface area (Å²) in [4.78, 5) is 24.3. The van der Waals surface area contributed by atoms with Gasteiger partial charge in [-0.1, -0.05) is 12.1 Å². The van der Waals surface area contributed by atoms with Crippen LogP contribution in [0.15, 0.2) is 42.5 Å². The molecule has 0 spiro atoms. The number of aryl methyl sites for hydroxylation is 2. The highest BCUT2D eigenvalue weighted by Gasteiger charge is 2.15. The standard InChI is InChI=1S/C20H20O4/c1-23-18-10-8-15(9-11-18)20(22)24-13-19(21)17-7-6-14-4-2-3-5-16(14)12-17/h6-12H,2-5,13H2,1H3. The Labute approximate surface area is 141 Å². The van der Waals surface area contributed by atoms with Crippen molar-refractivity contribution >= 4 is 11.8 Å². The molecule has 0 saturated heterocycles. The minimum Gasteiger partial charge on any atom is -0.497 e. The van der Waals surface area contributed by atoms with Crippen molar-refractivity contribution in [1.82, 2.24) is 0 Å². The monoisotopic (exact) mass is 324 g/mol. The van der Waals surface area contributed by atoms with Gasteiger partial charge in [-0.05, 0) is 67.1 Å². The lowest BCUT2D eigenvalue weighted by atomic mass is 9.90. The molecule has 0 aliphatic heterocycles. The van der Waals surface area contributed by atoms with Gasteiger partial charge < -0.3 is 9.47 Å². The third-order valence-corrected chi connectivity index (χ3v) is 4.33. The Balaban J connectivity index is 1.61. The quantitative estimate of drug-likeness (QED) is 0.623. The second-order valence-electron chi connectivity index (χ2n) is 5.92. The number of methoxy groups -OCH3 is 1. The lowest BCUT2D eigenvalue weighted by Gasteiger charge is -2.16. The molecular weight excluding hydrogens is 304 g/mol. The first-order valence-electron chi connectivity index (χ1n) is 8.13. The normalized spacial score (nSPS) is 13.0. The molecule has 4 heteroatoms. The summed E-state index contributed by atoms with van der Waals surface area (Å²) in [5.41, 5.74) is 3.58. The van der Waals surface area contributed by atoms with Crippen LogP contribution in [0.1, 0.15) is 44.7 Å². The fraction of sp³-hybridized carbons (Fsp3) is 0.300. The molecule has 4 nitrogen and oxygen atoms in total.